The van der Waals surface area contributed by atoms with Crippen molar-refractivity contribution in [2.45, 2.75) is 32.2 Å². The highest BCUT2D eigenvalue weighted by Crippen LogP contribution is 2.18. The van der Waals surface area contributed by atoms with Crippen LogP contribution in [0.4, 0.5) is 8.78 Å². The molecule has 2 N–H and O–H groups in total. The summed E-state index contributed by atoms with van der Waals surface area (Å²) in [5.74, 6) is -0.0399. The summed E-state index contributed by atoms with van der Waals surface area (Å²) in [4.78, 5) is 4.36. The first-order valence-corrected chi connectivity index (χ1v) is 6.68. The average molecular weight is 267 g/mol. The molecule has 0 spiro atoms. The lowest BCUT2D eigenvalue weighted by atomic mass is 10.1. The Hall–Kier alpha value is -1.65. The van der Waals surface area contributed by atoms with Gasteiger partial charge in [0.15, 0.2) is 5.96 Å². The highest BCUT2D eigenvalue weighted by atomic mass is 19.1. The summed E-state index contributed by atoms with van der Waals surface area (Å²) < 4.78 is 26.4. The maximum absolute atomic E-state index is 13.4. The summed E-state index contributed by atoms with van der Waals surface area (Å²) in [6.45, 7) is 3.21. The summed E-state index contributed by atoms with van der Waals surface area (Å²) in [6, 6.07) is 4.03. The van der Waals surface area contributed by atoms with Gasteiger partial charge >= 0.3 is 0 Å². The topological polar surface area (TPSA) is 36.4 Å². The molecule has 104 valence electrons. The summed E-state index contributed by atoms with van der Waals surface area (Å²) >= 11 is 0. The Morgan fingerprint density at radius 2 is 2.16 bits per heavy atom. The molecular weight excluding hydrogens is 248 g/mol. The van der Waals surface area contributed by atoms with E-state index in [1.54, 1.807) is 0 Å². The first-order chi connectivity index (χ1) is 9.19. The van der Waals surface area contributed by atoms with Gasteiger partial charge in [0.1, 0.15) is 11.6 Å². The average Bonchev–Trinajstić information content (AvgIpc) is 3.18. The van der Waals surface area contributed by atoms with Gasteiger partial charge < -0.3 is 10.6 Å². The fraction of sp³-hybridized carbons (Fsp3) is 0.500. The number of hydrogen-bond donors (Lipinski definition) is 2. The molecule has 0 bridgehead atoms. The number of guanidine groups is 1. The van der Waals surface area contributed by atoms with Crippen LogP contribution in [0, 0.1) is 11.6 Å². The van der Waals surface area contributed by atoms with Gasteiger partial charge in [-0.05, 0) is 49.9 Å². The van der Waals surface area contributed by atoms with Crippen molar-refractivity contribution < 1.29 is 8.78 Å². The molecule has 0 aliphatic heterocycles. The zero-order valence-corrected chi connectivity index (χ0v) is 11.0. The van der Waals surface area contributed by atoms with E-state index in [4.69, 9.17) is 0 Å². The molecule has 0 atom stereocenters. The Balaban J connectivity index is 1.90. The molecule has 2 rings (SSSR count). The first-order valence-electron chi connectivity index (χ1n) is 6.68. The van der Waals surface area contributed by atoms with Crippen LogP contribution >= 0.6 is 0 Å². The minimum Gasteiger partial charge on any atom is -0.357 e. The van der Waals surface area contributed by atoms with E-state index in [1.165, 1.54) is 18.9 Å². The van der Waals surface area contributed by atoms with Crippen LogP contribution in [0.15, 0.2) is 23.2 Å². The number of nitrogens with zero attached hydrogens (tertiary/aromatic N) is 1. The van der Waals surface area contributed by atoms with E-state index in [2.05, 4.69) is 15.6 Å². The molecule has 1 saturated carbocycles. The van der Waals surface area contributed by atoms with Crippen LogP contribution in [0.5, 0.6) is 0 Å². The molecule has 3 nitrogen and oxygen atoms in total. The van der Waals surface area contributed by atoms with E-state index >= 15 is 0 Å². The van der Waals surface area contributed by atoms with Gasteiger partial charge in [0.05, 0.1) is 0 Å². The maximum Gasteiger partial charge on any atom is 0.191 e. The van der Waals surface area contributed by atoms with Crippen molar-refractivity contribution in [1.29, 1.82) is 0 Å². The molecule has 0 amide bonds. The summed E-state index contributed by atoms with van der Waals surface area (Å²) in [7, 11) is 0. The Kier molecular flexibility index (Phi) is 4.71. The number of aliphatic imine (C=N–C) groups is 1. The maximum atomic E-state index is 13.4. The molecule has 1 aromatic rings. The fourth-order valence-electron chi connectivity index (χ4n) is 1.76. The van der Waals surface area contributed by atoms with Crippen LogP contribution in [0.2, 0.25) is 0 Å². The van der Waals surface area contributed by atoms with E-state index in [0.717, 1.165) is 24.6 Å². The second-order valence-electron chi connectivity index (χ2n) is 4.67. The third-order valence-corrected chi connectivity index (χ3v) is 2.92. The van der Waals surface area contributed by atoms with Crippen molar-refractivity contribution in [3.63, 3.8) is 0 Å². The van der Waals surface area contributed by atoms with Gasteiger partial charge in [-0.3, -0.25) is 4.99 Å². The quantitative estimate of drug-likeness (QED) is 0.634. The molecule has 5 heteroatoms. The van der Waals surface area contributed by atoms with Crippen LogP contribution < -0.4 is 10.6 Å². The molecule has 0 unspecified atom stereocenters. The van der Waals surface area contributed by atoms with Crippen molar-refractivity contribution in [3.05, 3.63) is 35.4 Å². The summed E-state index contributed by atoms with van der Waals surface area (Å²) in [5.41, 5.74) is 0.367. The van der Waals surface area contributed by atoms with Crippen LogP contribution in [0.3, 0.4) is 0 Å². The van der Waals surface area contributed by atoms with E-state index in [1.807, 2.05) is 6.92 Å². The van der Waals surface area contributed by atoms with Crippen LogP contribution in [-0.2, 0) is 6.42 Å². The Morgan fingerprint density at radius 3 is 2.84 bits per heavy atom. The van der Waals surface area contributed by atoms with Gasteiger partial charge in [-0.2, -0.15) is 0 Å². The molecule has 1 aliphatic carbocycles. The fourth-order valence-corrected chi connectivity index (χ4v) is 1.76. The highest BCUT2D eigenvalue weighted by Gasteiger charge is 2.21. The molecule has 19 heavy (non-hydrogen) atoms. The van der Waals surface area contributed by atoms with E-state index in [0.29, 0.717) is 24.6 Å². The van der Waals surface area contributed by atoms with Crippen LogP contribution in [0.25, 0.3) is 0 Å². The minimum atomic E-state index is -0.414. The normalized spacial score (nSPS) is 15.4. The Labute approximate surface area is 112 Å². The van der Waals surface area contributed by atoms with Gasteiger partial charge in [-0.15, -0.1) is 0 Å². The number of rotatable bonds is 5. The van der Waals surface area contributed by atoms with Gasteiger partial charge in [0.25, 0.3) is 0 Å². The lowest BCUT2D eigenvalue weighted by Gasteiger charge is -2.10. The van der Waals surface area contributed by atoms with Gasteiger partial charge in [-0.1, -0.05) is 0 Å². The minimum absolute atomic E-state index is 0.367. The van der Waals surface area contributed by atoms with Crippen molar-refractivity contribution in [2.24, 2.45) is 4.99 Å². The lowest BCUT2D eigenvalue weighted by molar-refractivity contribution is 0.585. The predicted octanol–water partition coefficient (Wildman–Crippen LogP) is 2.22. The zero-order chi connectivity index (χ0) is 13.7. The number of benzene rings is 1. The standard InChI is InChI=1S/C14H19F2N3/c1-2-17-14(19-12-4-5-12)18-8-7-10-9-11(15)3-6-13(10)16/h3,6,9,12H,2,4-5,7-8H2,1H3,(H2,17,18,19). The van der Waals surface area contributed by atoms with Crippen LogP contribution in [0.1, 0.15) is 25.3 Å². The molecule has 0 saturated heterocycles. The number of nitrogens with one attached hydrogen (secondary N) is 2. The second kappa shape index (κ2) is 6.50. The second-order valence-corrected chi connectivity index (χ2v) is 4.67. The molecule has 0 aromatic heterocycles. The molecular formula is C14H19F2N3. The number of halogens is 2. The number of hydrogen-bond acceptors (Lipinski definition) is 1. The molecule has 0 heterocycles. The van der Waals surface area contributed by atoms with Gasteiger partial charge in [0, 0.05) is 19.1 Å². The van der Waals surface area contributed by atoms with E-state index < -0.39 is 5.82 Å². The Morgan fingerprint density at radius 1 is 1.37 bits per heavy atom. The molecule has 1 aromatic carbocycles. The van der Waals surface area contributed by atoms with E-state index in [9.17, 15) is 8.78 Å². The van der Waals surface area contributed by atoms with Gasteiger partial charge in [0.2, 0.25) is 0 Å². The Bertz CT molecular complexity index is 456. The lowest BCUT2D eigenvalue weighted by Crippen LogP contribution is -2.38. The monoisotopic (exact) mass is 267 g/mol. The highest BCUT2D eigenvalue weighted by molar-refractivity contribution is 5.80. The first kappa shape index (κ1) is 13.8. The van der Waals surface area contributed by atoms with Crippen molar-refractivity contribution >= 4 is 5.96 Å². The third-order valence-electron chi connectivity index (χ3n) is 2.92. The summed E-state index contributed by atoms with van der Waals surface area (Å²) in [6.07, 6.45) is 2.73. The third kappa shape index (κ3) is 4.50. The zero-order valence-electron chi connectivity index (χ0n) is 11.0. The summed E-state index contributed by atoms with van der Waals surface area (Å²) in [5, 5.41) is 6.41. The largest absolute Gasteiger partial charge is 0.357 e. The smallest absolute Gasteiger partial charge is 0.191 e. The van der Waals surface area contributed by atoms with Crippen LogP contribution in [-0.4, -0.2) is 25.1 Å². The molecule has 1 fully saturated rings. The predicted molar refractivity (Wildman–Crippen MR) is 72.2 cm³/mol. The SMILES string of the molecule is CCNC(=NCCc1cc(F)ccc1F)NC1CC1. The van der Waals surface area contributed by atoms with Crippen molar-refractivity contribution in [3.8, 4) is 0 Å². The van der Waals surface area contributed by atoms with Gasteiger partial charge in [-0.25, -0.2) is 8.78 Å². The van der Waals surface area contributed by atoms with Crippen molar-refractivity contribution in [2.75, 3.05) is 13.1 Å². The van der Waals surface area contributed by atoms with E-state index in [-0.39, 0.29) is 5.82 Å². The molecule has 0 radical (unpaired) electrons. The van der Waals surface area contributed by atoms with Crippen molar-refractivity contribution in [1.82, 2.24) is 10.6 Å². The molecule has 1 aliphatic rings.